The van der Waals surface area contributed by atoms with Crippen molar-refractivity contribution in [2.45, 2.75) is 25.8 Å². The Labute approximate surface area is 162 Å². The Hall–Kier alpha value is -3.29. The molecule has 2 amide bonds. The van der Waals surface area contributed by atoms with Gasteiger partial charge in [-0.1, -0.05) is 0 Å². The van der Waals surface area contributed by atoms with Gasteiger partial charge in [0.2, 0.25) is 6.79 Å². The number of pyridine rings is 1. The zero-order chi connectivity index (χ0) is 19.1. The molecule has 1 fully saturated rings. The predicted octanol–water partition coefficient (Wildman–Crippen LogP) is 3.34. The lowest BCUT2D eigenvalue weighted by Crippen LogP contribution is -2.41. The Balaban J connectivity index is 1.25. The Bertz CT molecular complexity index is 1040. The Morgan fingerprint density at radius 1 is 1.18 bits per heavy atom. The van der Waals surface area contributed by atoms with Gasteiger partial charge in [0.15, 0.2) is 17.1 Å². The molecule has 0 unspecified atom stereocenters. The number of nitrogens with zero attached hydrogens (tertiary/aromatic N) is 4. The predicted molar refractivity (Wildman–Crippen MR) is 104 cm³/mol. The smallest absolute Gasteiger partial charge is 0.321 e. The van der Waals surface area contributed by atoms with Crippen molar-refractivity contribution in [2.24, 2.45) is 0 Å². The number of benzene rings is 1. The molecule has 0 bridgehead atoms. The van der Waals surface area contributed by atoms with Crippen LogP contribution in [-0.4, -0.2) is 45.3 Å². The highest BCUT2D eigenvalue weighted by Crippen LogP contribution is 2.34. The number of ether oxygens (including phenoxy) is 2. The van der Waals surface area contributed by atoms with Crippen molar-refractivity contribution in [3.8, 4) is 11.5 Å². The van der Waals surface area contributed by atoms with Crippen LogP contribution in [0.2, 0.25) is 0 Å². The SMILES string of the molecule is Cc1nc2cccnc2n1C1CCN(C(=O)Nc2ccc3c(c2)OCO3)CC1. The number of amides is 2. The van der Waals surface area contributed by atoms with E-state index in [0.29, 0.717) is 36.3 Å². The molecule has 2 aromatic heterocycles. The number of hydrogen-bond donors (Lipinski definition) is 1. The number of carbonyl (C=O) groups is 1. The van der Waals surface area contributed by atoms with Crippen molar-refractivity contribution in [3.63, 3.8) is 0 Å². The van der Waals surface area contributed by atoms with Gasteiger partial charge in [0.1, 0.15) is 11.3 Å². The molecule has 0 spiro atoms. The molecule has 1 aromatic carbocycles. The average Bonchev–Trinajstić information content (AvgIpc) is 3.31. The van der Waals surface area contributed by atoms with Gasteiger partial charge in [-0.3, -0.25) is 0 Å². The minimum atomic E-state index is -0.0948. The van der Waals surface area contributed by atoms with Gasteiger partial charge in [-0.05, 0) is 44.0 Å². The minimum absolute atomic E-state index is 0.0948. The van der Waals surface area contributed by atoms with Crippen LogP contribution in [-0.2, 0) is 0 Å². The first-order valence-electron chi connectivity index (χ1n) is 9.44. The number of imidazole rings is 1. The number of likely N-dealkylation sites (tertiary alicyclic amines) is 1. The van der Waals surface area contributed by atoms with Gasteiger partial charge in [0.05, 0.1) is 0 Å². The maximum atomic E-state index is 12.7. The third kappa shape index (κ3) is 2.90. The van der Waals surface area contributed by atoms with Crippen molar-refractivity contribution in [2.75, 3.05) is 25.2 Å². The number of fused-ring (bicyclic) bond motifs is 2. The number of rotatable bonds is 2. The van der Waals surface area contributed by atoms with E-state index in [9.17, 15) is 4.79 Å². The molecule has 1 saturated heterocycles. The van der Waals surface area contributed by atoms with E-state index in [1.54, 1.807) is 12.3 Å². The highest BCUT2D eigenvalue weighted by Gasteiger charge is 2.26. The number of aromatic nitrogens is 3. The maximum absolute atomic E-state index is 12.7. The van der Waals surface area contributed by atoms with Gasteiger partial charge >= 0.3 is 6.03 Å². The molecule has 2 aliphatic heterocycles. The van der Waals surface area contributed by atoms with E-state index in [2.05, 4.69) is 19.9 Å². The van der Waals surface area contributed by atoms with Crippen molar-refractivity contribution in [1.82, 2.24) is 19.4 Å². The molecule has 144 valence electrons. The van der Waals surface area contributed by atoms with E-state index < -0.39 is 0 Å². The summed E-state index contributed by atoms with van der Waals surface area (Å²) in [5.41, 5.74) is 2.54. The molecular formula is C20H21N5O3. The van der Waals surface area contributed by atoms with Gasteiger partial charge in [-0.2, -0.15) is 0 Å². The van der Waals surface area contributed by atoms with Crippen LogP contribution >= 0.6 is 0 Å². The van der Waals surface area contributed by atoms with Crippen LogP contribution in [0.4, 0.5) is 10.5 Å². The molecule has 3 aromatic rings. The van der Waals surface area contributed by atoms with Crippen molar-refractivity contribution in [1.29, 1.82) is 0 Å². The fourth-order valence-corrected chi connectivity index (χ4v) is 3.98. The van der Waals surface area contributed by atoms with Gasteiger partial charge < -0.3 is 24.3 Å². The summed E-state index contributed by atoms with van der Waals surface area (Å²) in [5, 5.41) is 2.95. The molecule has 4 heterocycles. The largest absolute Gasteiger partial charge is 0.454 e. The van der Waals surface area contributed by atoms with E-state index in [1.165, 1.54) is 0 Å². The van der Waals surface area contributed by atoms with E-state index >= 15 is 0 Å². The average molecular weight is 379 g/mol. The van der Waals surface area contributed by atoms with Crippen molar-refractivity contribution in [3.05, 3.63) is 42.4 Å². The second-order valence-corrected chi connectivity index (χ2v) is 7.09. The number of anilines is 1. The number of carbonyl (C=O) groups excluding carboxylic acids is 1. The molecule has 8 heteroatoms. The van der Waals surface area contributed by atoms with Crippen LogP contribution < -0.4 is 14.8 Å². The Kier molecular flexibility index (Phi) is 4.03. The molecule has 0 radical (unpaired) electrons. The third-order valence-electron chi connectivity index (χ3n) is 5.37. The first-order valence-corrected chi connectivity index (χ1v) is 9.44. The normalized spacial score (nSPS) is 16.5. The van der Waals surface area contributed by atoms with Crippen LogP contribution in [0, 0.1) is 6.92 Å². The maximum Gasteiger partial charge on any atom is 0.321 e. The molecule has 1 N–H and O–H groups in total. The van der Waals surface area contributed by atoms with Gasteiger partial charge in [-0.15, -0.1) is 0 Å². The lowest BCUT2D eigenvalue weighted by molar-refractivity contribution is 0.174. The molecule has 0 saturated carbocycles. The molecule has 28 heavy (non-hydrogen) atoms. The standard InChI is InChI=1S/C20H21N5O3/c1-13-22-16-3-2-8-21-19(16)25(13)15-6-9-24(10-7-15)20(26)23-14-4-5-17-18(11-14)28-12-27-17/h2-5,8,11,15H,6-7,9-10,12H2,1H3,(H,23,26). The molecular weight excluding hydrogens is 358 g/mol. The number of piperidine rings is 1. The van der Waals surface area contributed by atoms with Crippen LogP contribution in [0.15, 0.2) is 36.5 Å². The highest BCUT2D eigenvalue weighted by atomic mass is 16.7. The summed E-state index contributed by atoms with van der Waals surface area (Å²) in [7, 11) is 0. The van der Waals surface area contributed by atoms with Crippen LogP contribution in [0.25, 0.3) is 11.2 Å². The van der Waals surface area contributed by atoms with Crippen molar-refractivity contribution >= 4 is 22.9 Å². The summed E-state index contributed by atoms with van der Waals surface area (Å²) in [6.07, 6.45) is 3.54. The van der Waals surface area contributed by atoms with Crippen molar-refractivity contribution < 1.29 is 14.3 Å². The summed E-state index contributed by atoms with van der Waals surface area (Å²) < 4.78 is 12.9. The summed E-state index contributed by atoms with van der Waals surface area (Å²) in [5.74, 6) is 2.33. The zero-order valence-corrected chi connectivity index (χ0v) is 15.6. The summed E-state index contributed by atoms with van der Waals surface area (Å²) in [4.78, 5) is 23.6. The first kappa shape index (κ1) is 16.9. The van der Waals surface area contributed by atoms with E-state index in [-0.39, 0.29) is 12.8 Å². The van der Waals surface area contributed by atoms with Crippen LogP contribution in [0.3, 0.4) is 0 Å². The van der Waals surface area contributed by atoms with Crippen LogP contribution in [0.1, 0.15) is 24.7 Å². The third-order valence-corrected chi connectivity index (χ3v) is 5.37. The molecule has 0 atom stereocenters. The number of aryl methyl sites for hydroxylation is 1. The molecule has 5 rings (SSSR count). The molecule has 2 aliphatic rings. The second-order valence-electron chi connectivity index (χ2n) is 7.09. The quantitative estimate of drug-likeness (QED) is 0.739. The highest BCUT2D eigenvalue weighted by molar-refractivity contribution is 5.89. The van der Waals surface area contributed by atoms with Gasteiger partial charge in [0, 0.05) is 37.1 Å². The fourth-order valence-electron chi connectivity index (χ4n) is 3.98. The molecule has 0 aliphatic carbocycles. The summed E-state index contributed by atoms with van der Waals surface area (Å²) in [6, 6.07) is 9.52. The Morgan fingerprint density at radius 2 is 2.00 bits per heavy atom. The van der Waals surface area contributed by atoms with E-state index in [4.69, 9.17) is 9.47 Å². The topological polar surface area (TPSA) is 81.5 Å². The molecule has 8 nitrogen and oxygen atoms in total. The number of nitrogens with one attached hydrogen (secondary N) is 1. The lowest BCUT2D eigenvalue weighted by atomic mass is 10.0. The van der Waals surface area contributed by atoms with E-state index in [0.717, 1.165) is 29.8 Å². The monoisotopic (exact) mass is 379 g/mol. The second kappa shape index (κ2) is 6.70. The summed E-state index contributed by atoms with van der Waals surface area (Å²) in [6.45, 7) is 3.61. The van der Waals surface area contributed by atoms with Gasteiger partial charge in [-0.25, -0.2) is 14.8 Å². The summed E-state index contributed by atoms with van der Waals surface area (Å²) >= 11 is 0. The van der Waals surface area contributed by atoms with E-state index in [1.807, 2.05) is 36.1 Å². The lowest BCUT2D eigenvalue weighted by Gasteiger charge is -2.33. The number of urea groups is 1. The fraction of sp³-hybridized carbons (Fsp3) is 0.350. The minimum Gasteiger partial charge on any atom is -0.454 e. The zero-order valence-electron chi connectivity index (χ0n) is 15.6. The number of hydrogen-bond acceptors (Lipinski definition) is 5. The Morgan fingerprint density at radius 3 is 2.86 bits per heavy atom. The first-order chi connectivity index (χ1) is 13.7. The van der Waals surface area contributed by atoms with Crippen LogP contribution in [0.5, 0.6) is 11.5 Å². The van der Waals surface area contributed by atoms with Gasteiger partial charge in [0.25, 0.3) is 0 Å².